The van der Waals surface area contributed by atoms with Crippen molar-refractivity contribution >= 4 is 17.7 Å². The lowest BCUT2D eigenvalue weighted by Gasteiger charge is -2.10. The fourth-order valence-electron chi connectivity index (χ4n) is 2.73. The monoisotopic (exact) mass is 398 g/mol. The van der Waals surface area contributed by atoms with Gasteiger partial charge in [0.05, 0.1) is 12.0 Å². The van der Waals surface area contributed by atoms with Crippen molar-refractivity contribution in [3.63, 3.8) is 0 Å². The largest absolute Gasteiger partial charge is 0.461 e. The van der Waals surface area contributed by atoms with Gasteiger partial charge in [0.25, 0.3) is 0 Å². The first-order valence-electron chi connectivity index (χ1n) is 9.50. The minimum absolute atomic E-state index is 0.103. The molecule has 0 saturated heterocycles. The number of furan rings is 1. The van der Waals surface area contributed by atoms with Crippen LogP contribution < -0.4 is 5.32 Å². The first-order chi connectivity index (χ1) is 13.5. The number of carbonyl (C=O) groups excluding carboxylic acids is 1. The van der Waals surface area contributed by atoms with E-state index in [0.717, 1.165) is 35.1 Å². The van der Waals surface area contributed by atoms with Gasteiger partial charge in [0.2, 0.25) is 11.7 Å². The summed E-state index contributed by atoms with van der Waals surface area (Å²) in [5.41, 5.74) is 2.16. The van der Waals surface area contributed by atoms with E-state index >= 15 is 0 Å². The molecule has 0 bridgehead atoms. The van der Waals surface area contributed by atoms with E-state index in [1.54, 1.807) is 18.0 Å². The average Bonchev–Trinajstić information content (AvgIpc) is 3.33. The van der Waals surface area contributed by atoms with Crippen LogP contribution in [0.25, 0.3) is 17.3 Å². The zero-order valence-corrected chi connectivity index (χ0v) is 17.3. The van der Waals surface area contributed by atoms with Crippen LogP contribution in [-0.4, -0.2) is 33.0 Å². The molecule has 0 saturated carbocycles. The van der Waals surface area contributed by atoms with Crippen LogP contribution in [0, 0.1) is 12.8 Å². The third kappa shape index (κ3) is 5.25. The second kappa shape index (κ2) is 9.59. The molecule has 1 amide bonds. The molecular weight excluding hydrogens is 372 g/mol. The van der Waals surface area contributed by atoms with Gasteiger partial charge in [-0.3, -0.25) is 9.36 Å². The van der Waals surface area contributed by atoms with Gasteiger partial charge in [-0.15, -0.1) is 10.2 Å². The predicted molar refractivity (Wildman–Crippen MR) is 112 cm³/mol. The van der Waals surface area contributed by atoms with E-state index in [1.807, 2.05) is 28.8 Å². The lowest BCUT2D eigenvalue weighted by Crippen LogP contribution is -2.27. The number of nitrogens with one attached hydrogen (secondary N) is 1. The number of hydrogen-bond acceptors (Lipinski definition) is 5. The first-order valence-corrected chi connectivity index (χ1v) is 10.5. The van der Waals surface area contributed by atoms with Gasteiger partial charge in [-0.25, -0.2) is 0 Å². The minimum Gasteiger partial charge on any atom is -0.461 e. The van der Waals surface area contributed by atoms with Gasteiger partial charge in [-0.05, 0) is 49.1 Å². The van der Waals surface area contributed by atoms with Crippen molar-refractivity contribution in [3.05, 3.63) is 48.2 Å². The van der Waals surface area contributed by atoms with Crippen LogP contribution in [0.1, 0.15) is 32.3 Å². The van der Waals surface area contributed by atoms with Gasteiger partial charge >= 0.3 is 0 Å². The zero-order chi connectivity index (χ0) is 19.9. The highest BCUT2D eigenvalue weighted by Gasteiger charge is 2.18. The molecule has 0 aliphatic rings. The molecule has 1 aromatic carbocycles. The summed E-state index contributed by atoms with van der Waals surface area (Å²) < 4.78 is 7.55. The number of aromatic nitrogens is 3. The molecule has 0 aliphatic heterocycles. The fourth-order valence-corrected chi connectivity index (χ4v) is 3.62. The second-order valence-corrected chi connectivity index (χ2v) is 8.17. The Balaban J connectivity index is 1.70. The van der Waals surface area contributed by atoms with Crippen LogP contribution in [0.3, 0.4) is 0 Å². The van der Waals surface area contributed by atoms with E-state index in [9.17, 15) is 4.79 Å². The second-order valence-electron chi connectivity index (χ2n) is 7.11. The van der Waals surface area contributed by atoms with Gasteiger partial charge < -0.3 is 9.73 Å². The van der Waals surface area contributed by atoms with E-state index in [4.69, 9.17) is 4.42 Å². The molecule has 0 radical (unpaired) electrons. The Bertz CT molecular complexity index is 903. The highest BCUT2D eigenvalue weighted by Crippen LogP contribution is 2.29. The van der Waals surface area contributed by atoms with Gasteiger partial charge in [-0.1, -0.05) is 37.7 Å². The normalized spacial score (nSPS) is 11.1. The van der Waals surface area contributed by atoms with Crippen molar-refractivity contribution in [2.24, 2.45) is 5.92 Å². The lowest BCUT2D eigenvalue weighted by molar-refractivity contribution is -0.121. The number of carbonyl (C=O) groups is 1. The molecule has 0 unspecified atom stereocenters. The summed E-state index contributed by atoms with van der Waals surface area (Å²) >= 11 is 1.60. The number of nitrogens with zero attached hydrogens (tertiary/aromatic N) is 3. The van der Waals surface area contributed by atoms with Crippen LogP contribution in [0.15, 0.2) is 52.2 Å². The Morgan fingerprint density at radius 2 is 2.11 bits per heavy atom. The predicted octanol–water partition coefficient (Wildman–Crippen LogP) is 4.48. The van der Waals surface area contributed by atoms with E-state index in [1.165, 1.54) is 0 Å². The Morgan fingerprint density at radius 1 is 1.25 bits per heavy atom. The van der Waals surface area contributed by atoms with E-state index in [0.29, 0.717) is 23.9 Å². The Labute approximate surface area is 169 Å². The molecule has 7 heteroatoms. The van der Waals surface area contributed by atoms with E-state index in [2.05, 4.69) is 48.4 Å². The van der Waals surface area contributed by atoms with Crippen LogP contribution in [0.4, 0.5) is 0 Å². The third-order valence-corrected chi connectivity index (χ3v) is 5.14. The van der Waals surface area contributed by atoms with Crippen molar-refractivity contribution in [2.45, 2.75) is 38.8 Å². The van der Waals surface area contributed by atoms with Crippen LogP contribution in [-0.2, 0) is 4.79 Å². The van der Waals surface area contributed by atoms with Crippen molar-refractivity contribution in [1.29, 1.82) is 0 Å². The number of rotatable bonds is 9. The molecule has 0 atom stereocenters. The topological polar surface area (TPSA) is 73.0 Å². The summed E-state index contributed by atoms with van der Waals surface area (Å²) in [5.74, 6) is 2.70. The summed E-state index contributed by atoms with van der Waals surface area (Å²) in [6.45, 7) is 6.96. The van der Waals surface area contributed by atoms with Crippen LogP contribution in [0.5, 0.6) is 0 Å². The molecule has 2 aromatic heterocycles. The van der Waals surface area contributed by atoms with Crippen molar-refractivity contribution in [3.8, 4) is 17.3 Å². The number of hydrogen-bond donors (Lipinski definition) is 1. The summed E-state index contributed by atoms with van der Waals surface area (Å²) in [4.78, 5) is 11.9. The van der Waals surface area contributed by atoms with Gasteiger partial charge in [0, 0.05) is 18.7 Å². The van der Waals surface area contributed by atoms with Crippen molar-refractivity contribution in [1.82, 2.24) is 20.1 Å². The molecule has 1 N–H and O–H groups in total. The molecule has 28 heavy (non-hydrogen) atoms. The highest BCUT2D eigenvalue weighted by molar-refractivity contribution is 7.99. The Morgan fingerprint density at radius 3 is 2.82 bits per heavy atom. The van der Waals surface area contributed by atoms with E-state index < -0.39 is 0 Å². The smallest absolute Gasteiger partial charge is 0.220 e. The standard InChI is InChI=1S/C21H26N4O2S/c1-15(2)14-22-19(26)10-6-12-28-21-24-23-20(18-9-5-11-27-18)25(21)17-8-4-7-16(3)13-17/h4-5,7-9,11,13,15H,6,10,12,14H2,1-3H3,(H,22,26). The summed E-state index contributed by atoms with van der Waals surface area (Å²) in [7, 11) is 0. The molecule has 0 aliphatic carbocycles. The Hall–Kier alpha value is -2.54. The van der Waals surface area contributed by atoms with Gasteiger partial charge in [-0.2, -0.15) is 0 Å². The Kier molecular flexibility index (Phi) is 6.92. The molecular formula is C21H26N4O2S. The molecule has 0 spiro atoms. The van der Waals surface area contributed by atoms with Crippen LogP contribution in [0.2, 0.25) is 0 Å². The average molecular weight is 399 g/mol. The first kappa shape index (κ1) is 20.2. The maximum Gasteiger partial charge on any atom is 0.220 e. The highest BCUT2D eigenvalue weighted by atomic mass is 32.2. The molecule has 148 valence electrons. The molecule has 2 heterocycles. The lowest BCUT2D eigenvalue weighted by atomic mass is 10.2. The van der Waals surface area contributed by atoms with Gasteiger partial charge in [0.1, 0.15) is 0 Å². The molecule has 3 rings (SSSR count). The van der Waals surface area contributed by atoms with E-state index in [-0.39, 0.29) is 5.91 Å². The summed E-state index contributed by atoms with van der Waals surface area (Å²) in [5, 5.41) is 12.5. The van der Waals surface area contributed by atoms with Crippen LogP contribution >= 0.6 is 11.8 Å². The number of benzene rings is 1. The maximum absolute atomic E-state index is 11.9. The number of amides is 1. The molecule has 6 nitrogen and oxygen atoms in total. The molecule has 0 fully saturated rings. The number of aryl methyl sites for hydroxylation is 1. The fraction of sp³-hybridized carbons (Fsp3) is 0.381. The van der Waals surface area contributed by atoms with Crippen molar-refractivity contribution in [2.75, 3.05) is 12.3 Å². The quantitative estimate of drug-likeness (QED) is 0.425. The third-order valence-electron chi connectivity index (χ3n) is 4.12. The maximum atomic E-state index is 11.9. The van der Waals surface area contributed by atoms with Crippen molar-refractivity contribution < 1.29 is 9.21 Å². The number of thioether (sulfide) groups is 1. The molecule has 3 aromatic rings. The minimum atomic E-state index is 0.103. The summed E-state index contributed by atoms with van der Waals surface area (Å²) in [6.07, 6.45) is 2.93. The zero-order valence-electron chi connectivity index (χ0n) is 16.5. The summed E-state index contributed by atoms with van der Waals surface area (Å²) in [6, 6.07) is 11.9. The van der Waals surface area contributed by atoms with Gasteiger partial charge in [0.15, 0.2) is 10.9 Å². The SMILES string of the molecule is Cc1cccc(-n2c(SCCCC(=O)NCC(C)C)nnc2-c2ccco2)c1.